The Labute approximate surface area is 120 Å². The summed E-state index contributed by atoms with van der Waals surface area (Å²) in [6.45, 7) is 6.77. The van der Waals surface area contributed by atoms with Crippen LogP contribution in [0.1, 0.15) is 38.9 Å². The monoisotopic (exact) mass is 275 g/mol. The minimum absolute atomic E-state index is 0.709. The van der Waals surface area contributed by atoms with Crippen LogP contribution in [0.5, 0.6) is 5.75 Å². The first-order valence-electron chi connectivity index (χ1n) is 7.62. The Balaban J connectivity index is 2.33. The molecule has 0 aliphatic heterocycles. The highest BCUT2D eigenvalue weighted by Gasteiger charge is 2.10. The van der Waals surface area contributed by atoms with Crippen molar-refractivity contribution in [1.82, 2.24) is 9.55 Å². The van der Waals surface area contributed by atoms with Gasteiger partial charge in [0.1, 0.15) is 11.6 Å². The minimum Gasteiger partial charge on any atom is -0.494 e. The zero-order valence-electron chi connectivity index (χ0n) is 12.6. The maximum Gasteiger partial charge on any atom is 0.121 e. The highest BCUT2D eigenvalue weighted by Crippen LogP contribution is 2.23. The van der Waals surface area contributed by atoms with E-state index >= 15 is 0 Å². The average molecular weight is 275 g/mol. The molecule has 0 unspecified atom stereocenters. The van der Waals surface area contributed by atoms with Gasteiger partial charge in [-0.15, -0.1) is 0 Å². The highest BCUT2D eigenvalue weighted by atomic mass is 16.5. The van der Waals surface area contributed by atoms with Crippen molar-refractivity contribution in [2.24, 2.45) is 5.73 Å². The summed E-state index contributed by atoms with van der Waals surface area (Å²) in [5, 5.41) is 0. The van der Waals surface area contributed by atoms with E-state index in [4.69, 9.17) is 15.5 Å². The van der Waals surface area contributed by atoms with Crippen molar-refractivity contribution in [3.63, 3.8) is 0 Å². The molecule has 0 aliphatic carbocycles. The van der Waals surface area contributed by atoms with E-state index in [9.17, 15) is 0 Å². The Morgan fingerprint density at radius 1 is 1.25 bits per heavy atom. The van der Waals surface area contributed by atoms with Gasteiger partial charge in [-0.25, -0.2) is 4.98 Å². The molecule has 0 atom stereocenters. The maximum atomic E-state index is 5.68. The number of aryl methyl sites for hydroxylation is 2. The Bertz CT molecular complexity index is 548. The van der Waals surface area contributed by atoms with Gasteiger partial charge >= 0.3 is 0 Å². The van der Waals surface area contributed by atoms with Gasteiger partial charge in [0, 0.05) is 19.0 Å². The SMILES string of the molecule is CCCOc1ccc2c(c1)nc(CCCN)n2CCC. The summed E-state index contributed by atoms with van der Waals surface area (Å²) >= 11 is 0. The number of fused-ring (bicyclic) bond motifs is 1. The van der Waals surface area contributed by atoms with Gasteiger partial charge in [0.2, 0.25) is 0 Å². The Morgan fingerprint density at radius 2 is 2.10 bits per heavy atom. The first-order chi connectivity index (χ1) is 9.80. The van der Waals surface area contributed by atoms with Crippen LogP contribution in [0.4, 0.5) is 0 Å². The molecule has 0 amide bonds. The number of benzene rings is 1. The molecule has 0 spiro atoms. The van der Waals surface area contributed by atoms with E-state index in [1.807, 2.05) is 12.1 Å². The van der Waals surface area contributed by atoms with Crippen molar-refractivity contribution < 1.29 is 4.74 Å². The predicted octanol–water partition coefficient (Wildman–Crippen LogP) is 3.13. The quantitative estimate of drug-likeness (QED) is 0.805. The maximum absolute atomic E-state index is 5.68. The molecule has 0 saturated carbocycles. The van der Waals surface area contributed by atoms with Gasteiger partial charge in [0.05, 0.1) is 17.6 Å². The van der Waals surface area contributed by atoms with Gasteiger partial charge in [0.15, 0.2) is 0 Å². The fourth-order valence-corrected chi connectivity index (χ4v) is 2.39. The molecule has 1 aromatic heterocycles. The van der Waals surface area contributed by atoms with Crippen LogP contribution in [0.15, 0.2) is 18.2 Å². The van der Waals surface area contributed by atoms with E-state index < -0.39 is 0 Å². The molecule has 1 aromatic carbocycles. The van der Waals surface area contributed by atoms with E-state index in [0.717, 1.165) is 55.9 Å². The summed E-state index contributed by atoms with van der Waals surface area (Å²) in [4.78, 5) is 4.76. The highest BCUT2D eigenvalue weighted by molar-refractivity contribution is 5.77. The number of nitrogens with zero attached hydrogens (tertiary/aromatic N) is 2. The Hall–Kier alpha value is -1.55. The molecule has 0 aliphatic rings. The first kappa shape index (κ1) is 14.9. The van der Waals surface area contributed by atoms with E-state index in [2.05, 4.69) is 24.5 Å². The number of hydrogen-bond acceptors (Lipinski definition) is 3. The lowest BCUT2D eigenvalue weighted by Crippen LogP contribution is -2.07. The summed E-state index contributed by atoms with van der Waals surface area (Å²) in [5.74, 6) is 2.05. The zero-order valence-corrected chi connectivity index (χ0v) is 12.6. The molecule has 0 fully saturated rings. The average Bonchev–Trinajstić information content (AvgIpc) is 2.80. The van der Waals surface area contributed by atoms with E-state index in [1.165, 1.54) is 5.52 Å². The fourth-order valence-electron chi connectivity index (χ4n) is 2.39. The van der Waals surface area contributed by atoms with Crippen LogP contribution in [-0.4, -0.2) is 22.7 Å². The summed E-state index contributed by atoms with van der Waals surface area (Å²) in [5.41, 5.74) is 7.84. The number of aromatic nitrogens is 2. The van der Waals surface area contributed by atoms with Crippen LogP contribution < -0.4 is 10.5 Å². The third-order valence-electron chi connectivity index (χ3n) is 3.32. The van der Waals surface area contributed by atoms with E-state index in [-0.39, 0.29) is 0 Å². The number of ether oxygens (including phenoxy) is 1. The summed E-state index contributed by atoms with van der Waals surface area (Å²) in [6, 6.07) is 6.20. The van der Waals surface area contributed by atoms with Crippen molar-refractivity contribution in [2.45, 2.75) is 46.1 Å². The molecule has 4 heteroatoms. The van der Waals surface area contributed by atoms with Crippen LogP contribution in [0.25, 0.3) is 11.0 Å². The number of rotatable bonds is 8. The third kappa shape index (κ3) is 3.31. The lowest BCUT2D eigenvalue weighted by molar-refractivity contribution is 0.318. The first-order valence-corrected chi connectivity index (χ1v) is 7.62. The summed E-state index contributed by atoms with van der Waals surface area (Å²) < 4.78 is 8.00. The summed E-state index contributed by atoms with van der Waals surface area (Å²) in [6.07, 6.45) is 4.04. The van der Waals surface area contributed by atoms with Crippen LogP contribution in [0, 0.1) is 0 Å². The minimum atomic E-state index is 0.709. The second-order valence-corrected chi connectivity index (χ2v) is 5.07. The van der Waals surface area contributed by atoms with Crippen molar-refractivity contribution in [1.29, 1.82) is 0 Å². The number of nitrogens with two attached hydrogens (primary N) is 1. The predicted molar refractivity (Wildman–Crippen MR) is 83.2 cm³/mol. The van der Waals surface area contributed by atoms with Crippen LogP contribution in [0.3, 0.4) is 0 Å². The van der Waals surface area contributed by atoms with Gasteiger partial charge in [-0.05, 0) is 37.9 Å². The number of hydrogen-bond donors (Lipinski definition) is 1. The molecule has 0 bridgehead atoms. The molecular weight excluding hydrogens is 250 g/mol. The number of imidazole rings is 1. The van der Waals surface area contributed by atoms with Gasteiger partial charge in [0.25, 0.3) is 0 Å². The van der Waals surface area contributed by atoms with Crippen molar-refractivity contribution in [3.8, 4) is 5.75 Å². The topological polar surface area (TPSA) is 53.1 Å². The van der Waals surface area contributed by atoms with Crippen molar-refractivity contribution >= 4 is 11.0 Å². The standard InChI is InChI=1S/C16H25N3O/c1-3-10-19-15-8-7-13(20-11-4-2)12-14(15)18-16(19)6-5-9-17/h7-8,12H,3-6,9-11,17H2,1-2H3. The van der Waals surface area contributed by atoms with Gasteiger partial charge in [-0.2, -0.15) is 0 Å². The second-order valence-electron chi connectivity index (χ2n) is 5.07. The molecular formula is C16H25N3O. The molecule has 0 radical (unpaired) electrons. The van der Waals surface area contributed by atoms with E-state index in [1.54, 1.807) is 0 Å². The Kier molecular flexibility index (Phi) is 5.41. The molecule has 2 aromatic rings. The van der Waals surface area contributed by atoms with Gasteiger partial charge in [-0.1, -0.05) is 13.8 Å². The van der Waals surface area contributed by atoms with Crippen LogP contribution in [-0.2, 0) is 13.0 Å². The molecule has 20 heavy (non-hydrogen) atoms. The molecule has 0 saturated heterocycles. The summed E-state index contributed by atoms with van der Waals surface area (Å²) in [7, 11) is 0. The lowest BCUT2D eigenvalue weighted by Gasteiger charge is -2.07. The van der Waals surface area contributed by atoms with Crippen molar-refractivity contribution in [3.05, 3.63) is 24.0 Å². The Morgan fingerprint density at radius 3 is 2.80 bits per heavy atom. The molecule has 110 valence electrons. The molecule has 1 heterocycles. The largest absolute Gasteiger partial charge is 0.494 e. The second kappa shape index (κ2) is 7.29. The zero-order chi connectivity index (χ0) is 14.4. The molecule has 4 nitrogen and oxygen atoms in total. The van der Waals surface area contributed by atoms with Gasteiger partial charge in [-0.3, -0.25) is 0 Å². The molecule has 2 rings (SSSR count). The van der Waals surface area contributed by atoms with Crippen LogP contribution in [0.2, 0.25) is 0 Å². The smallest absolute Gasteiger partial charge is 0.121 e. The van der Waals surface area contributed by atoms with E-state index in [0.29, 0.717) is 6.54 Å². The lowest BCUT2D eigenvalue weighted by atomic mass is 10.3. The normalized spacial score (nSPS) is 11.2. The molecule has 2 N–H and O–H groups in total. The van der Waals surface area contributed by atoms with Crippen LogP contribution >= 0.6 is 0 Å². The third-order valence-corrected chi connectivity index (χ3v) is 3.32. The van der Waals surface area contributed by atoms with Crippen molar-refractivity contribution in [2.75, 3.05) is 13.2 Å². The van der Waals surface area contributed by atoms with Gasteiger partial charge < -0.3 is 15.0 Å². The fraction of sp³-hybridized carbons (Fsp3) is 0.562.